The number of carbonyl (C=O) groups is 1. The monoisotopic (exact) mass is 289 g/mol. The van der Waals surface area contributed by atoms with E-state index in [1.165, 1.54) is 19.3 Å². The predicted molar refractivity (Wildman–Crippen MR) is 87.0 cm³/mol. The number of hydrogen-bond donors (Lipinski definition) is 2. The molecule has 1 heterocycles. The lowest BCUT2D eigenvalue weighted by Gasteiger charge is -2.24. The number of carbonyl (C=O) groups excluding carboxylic acids is 1. The third-order valence-electron chi connectivity index (χ3n) is 4.44. The van der Waals surface area contributed by atoms with Crippen molar-refractivity contribution in [2.24, 2.45) is 11.7 Å². The van der Waals surface area contributed by atoms with Crippen molar-refractivity contribution in [3.8, 4) is 0 Å². The van der Waals surface area contributed by atoms with Gasteiger partial charge in [-0.3, -0.25) is 9.69 Å². The standard InChI is InChI=1S/C17H27N3O/c1-3-6-14-9-10-20(12-14)13(2)17(21)19-16-8-5-4-7-15(16)11-18/h4-5,7-8,13-14H,3,6,9-12,18H2,1-2H3,(H,19,21). The summed E-state index contributed by atoms with van der Waals surface area (Å²) in [6, 6.07) is 7.64. The molecule has 0 radical (unpaired) electrons. The van der Waals surface area contributed by atoms with E-state index < -0.39 is 0 Å². The molecule has 0 bridgehead atoms. The van der Waals surface area contributed by atoms with Gasteiger partial charge in [0.1, 0.15) is 0 Å². The summed E-state index contributed by atoms with van der Waals surface area (Å²) < 4.78 is 0. The van der Waals surface area contributed by atoms with E-state index >= 15 is 0 Å². The number of benzene rings is 1. The van der Waals surface area contributed by atoms with Crippen molar-refractivity contribution in [2.45, 2.75) is 45.7 Å². The smallest absolute Gasteiger partial charge is 0.241 e. The van der Waals surface area contributed by atoms with Crippen LogP contribution in [-0.4, -0.2) is 29.9 Å². The molecule has 4 heteroatoms. The molecule has 2 unspecified atom stereocenters. The molecule has 0 spiro atoms. The Bertz CT molecular complexity index is 475. The zero-order valence-corrected chi connectivity index (χ0v) is 13.1. The van der Waals surface area contributed by atoms with Crippen LogP contribution in [0.4, 0.5) is 5.69 Å². The van der Waals surface area contributed by atoms with Crippen LogP contribution in [-0.2, 0) is 11.3 Å². The number of para-hydroxylation sites is 1. The van der Waals surface area contributed by atoms with E-state index in [9.17, 15) is 4.79 Å². The van der Waals surface area contributed by atoms with Gasteiger partial charge in [-0.1, -0.05) is 31.5 Å². The van der Waals surface area contributed by atoms with Gasteiger partial charge in [0.15, 0.2) is 0 Å². The van der Waals surface area contributed by atoms with Gasteiger partial charge < -0.3 is 11.1 Å². The van der Waals surface area contributed by atoms with Crippen LogP contribution >= 0.6 is 0 Å². The zero-order valence-electron chi connectivity index (χ0n) is 13.1. The maximum Gasteiger partial charge on any atom is 0.241 e. The van der Waals surface area contributed by atoms with Crippen molar-refractivity contribution in [1.82, 2.24) is 4.90 Å². The van der Waals surface area contributed by atoms with Crippen LogP contribution < -0.4 is 11.1 Å². The van der Waals surface area contributed by atoms with Crippen LogP contribution in [0.2, 0.25) is 0 Å². The highest BCUT2D eigenvalue weighted by Gasteiger charge is 2.29. The summed E-state index contributed by atoms with van der Waals surface area (Å²) in [7, 11) is 0. The largest absolute Gasteiger partial charge is 0.326 e. The van der Waals surface area contributed by atoms with E-state index in [1.54, 1.807) is 0 Å². The molecule has 4 nitrogen and oxygen atoms in total. The highest BCUT2D eigenvalue weighted by Crippen LogP contribution is 2.23. The third-order valence-corrected chi connectivity index (χ3v) is 4.44. The second-order valence-electron chi connectivity index (χ2n) is 5.96. The molecule has 0 aliphatic carbocycles. The summed E-state index contributed by atoms with van der Waals surface area (Å²) >= 11 is 0. The van der Waals surface area contributed by atoms with Gasteiger partial charge in [-0.05, 0) is 43.9 Å². The van der Waals surface area contributed by atoms with Crippen LogP contribution in [0.25, 0.3) is 0 Å². The first-order chi connectivity index (χ1) is 10.2. The van der Waals surface area contributed by atoms with E-state index in [0.717, 1.165) is 30.3 Å². The van der Waals surface area contributed by atoms with Gasteiger partial charge in [0.05, 0.1) is 6.04 Å². The number of anilines is 1. The summed E-state index contributed by atoms with van der Waals surface area (Å²) in [6.07, 6.45) is 3.70. The average Bonchev–Trinajstić information content (AvgIpc) is 2.96. The van der Waals surface area contributed by atoms with Crippen molar-refractivity contribution in [3.05, 3.63) is 29.8 Å². The molecule has 0 saturated carbocycles. The van der Waals surface area contributed by atoms with Crippen molar-refractivity contribution in [3.63, 3.8) is 0 Å². The lowest BCUT2D eigenvalue weighted by atomic mass is 10.0. The molecule has 1 saturated heterocycles. The Labute approximate surface area is 127 Å². The van der Waals surface area contributed by atoms with Crippen LogP contribution in [0.1, 0.15) is 38.7 Å². The molecule has 21 heavy (non-hydrogen) atoms. The van der Waals surface area contributed by atoms with Gasteiger partial charge in [0.25, 0.3) is 0 Å². The molecular weight excluding hydrogens is 262 g/mol. The summed E-state index contributed by atoms with van der Waals surface area (Å²) in [5, 5.41) is 3.02. The molecule has 0 aromatic heterocycles. The van der Waals surface area contributed by atoms with Crippen LogP contribution in [0.3, 0.4) is 0 Å². The van der Waals surface area contributed by atoms with E-state index in [1.807, 2.05) is 31.2 Å². The van der Waals surface area contributed by atoms with Crippen LogP contribution in [0, 0.1) is 5.92 Å². The minimum atomic E-state index is -0.0855. The van der Waals surface area contributed by atoms with Crippen molar-refractivity contribution in [2.75, 3.05) is 18.4 Å². The molecule has 3 N–H and O–H groups in total. The summed E-state index contributed by atoms with van der Waals surface area (Å²) in [5.74, 6) is 0.814. The molecular formula is C17H27N3O. The fraction of sp³-hybridized carbons (Fsp3) is 0.588. The first kappa shape index (κ1) is 16.0. The van der Waals surface area contributed by atoms with Crippen LogP contribution in [0.5, 0.6) is 0 Å². The lowest BCUT2D eigenvalue weighted by molar-refractivity contribution is -0.120. The maximum absolute atomic E-state index is 12.4. The number of hydrogen-bond acceptors (Lipinski definition) is 3. The van der Waals surface area contributed by atoms with Gasteiger partial charge >= 0.3 is 0 Å². The topological polar surface area (TPSA) is 58.4 Å². The number of nitrogens with zero attached hydrogens (tertiary/aromatic N) is 1. The minimum Gasteiger partial charge on any atom is -0.326 e. The average molecular weight is 289 g/mol. The second-order valence-corrected chi connectivity index (χ2v) is 5.96. The molecule has 116 valence electrons. The zero-order chi connectivity index (χ0) is 15.2. The van der Waals surface area contributed by atoms with Crippen molar-refractivity contribution < 1.29 is 4.79 Å². The first-order valence-electron chi connectivity index (χ1n) is 7.98. The Kier molecular flexibility index (Phi) is 5.76. The maximum atomic E-state index is 12.4. The number of nitrogens with one attached hydrogen (secondary N) is 1. The molecule has 1 aromatic carbocycles. The number of nitrogens with two attached hydrogens (primary N) is 1. The van der Waals surface area contributed by atoms with E-state index in [-0.39, 0.29) is 11.9 Å². The fourth-order valence-electron chi connectivity index (χ4n) is 3.08. The van der Waals surface area contributed by atoms with E-state index in [4.69, 9.17) is 5.73 Å². The van der Waals surface area contributed by atoms with Gasteiger partial charge in [-0.15, -0.1) is 0 Å². The Hall–Kier alpha value is -1.39. The Balaban J connectivity index is 1.94. The summed E-state index contributed by atoms with van der Waals surface area (Å²) in [5.41, 5.74) is 7.52. The Morgan fingerprint density at radius 3 is 2.95 bits per heavy atom. The second kappa shape index (κ2) is 7.57. The highest BCUT2D eigenvalue weighted by molar-refractivity contribution is 5.95. The Morgan fingerprint density at radius 1 is 1.48 bits per heavy atom. The Morgan fingerprint density at radius 2 is 2.24 bits per heavy atom. The molecule has 1 aliphatic heterocycles. The lowest BCUT2D eigenvalue weighted by Crippen LogP contribution is -2.40. The van der Waals surface area contributed by atoms with E-state index in [0.29, 0.717) is 6.54 Å². The van der Waals surface area contributed by atoms with Crippen molar-refractivity contribution >= 4 is 11.6 Å². The van der Waals surface area contributed by atoms with Gasteiger partial charge in [-0.2, -0.15) is 0 Å². The quantitative estimate of drug-likeness (QED) is 0.846. The normalized spacial score (nSPS) is 20.4. The molecule has 1 amide bonds. The SMILES string of the molecule is CCCC1CCN(C(C)C(=O)Nc2ccccc2CN)C1. The molecule has 1 aromatic rings. The van der Waals surface area contributed by atoms with Gasteiger partial charge in [0, 0.05) is 18.8 Å². The molecule has 2 rings (SSSR count). The number of rotatable bonds is 6. The molecule has 1 fully saturated rings. The van der Waals surface area contributed by atoms with E-state index in [2.05, 4.69) is 17.1 Å². The summed E-state index contributed by atoms with van der Waals surface area (Å²) in [6.45, 7) is 6.73. The van der Waals surface area contributed by atoms with Gasteiger partial charge in [-0.25, -0.2) is 0 Å². The van der Waals surface area contributed by atoms with Crippen LogP contribution in [0.15, 0.2) is 24.3 Å². The fourth-order valence-corrected chi connectivity index (χ4v) is 3.08. The minimum absolute atomic E-state index is 0.0630. The highest BCUT2D eigenvalue weighted by atomic mass is 16.2. The number of amides is 1. The number of likely N-dealkylation sites (tertiary alicyclic amines) is 1. The first-order valence-corrected chi connectivity index (χ1v) is 7.98. The van der Waals surface area contributed by atoms with Gasteiger partial charge in [0.2, 0.25) is 5.91 Å². The predicted octanol–water partition coefficient (Wildman–Crippen LogP) is 2.59. The summed E-state index contributed by atoms with van der Waals surface area (Å²) in [4.78, 5) is 14.7. The third kappa shape index (κ3) is 4.05. The molecule has 1 aliphatic rings. The van der Waals surface area contributed by atoms with Crippen molar-refractivity contribution in [1.29, 1.82) is 0 Å². The molecule has 2 atom stereocenters.